The molecule has 2 nitrogen and oxygen atoms in total. The van der Waals surface area contributed by atoms with Gasteiger partial charge in [0.1, 0.15) is 0 Å². The molecule has 0 amide bonds. The lowest BCUT2D eigenvalue weighted by Crippen LogP contribution is -2.17. The molecule has 112 valence electrons. The second-order valence-electron chi connectivity index (χ2n) is 6.49. The Kier molecular flexibility index (Phi) is 4.27. The van der Waals surface area contributed by atoms with Crippen molar-refractivity contribution in [2.24, 2.45) is 11.3 Å². The van der Waals surface area contributed by atoms with Crippen LogP contribution in [-0.2, 0) is 6.42 Å². The number of fused-ring (bicyclic) bond motifs is 1. The summed E-state index contributed by atoms with van der Waals surface area (Å²) in [6, 6.07) is 10.3. The molecule has 4 atom stereocenters. The van der Waals surface area contributed by atoms with E-state index in [-0.39, 0.29) is 11.5 Å². The molecule has 1 aromatic carbocycles. The summed E-state index contributed by atoms with van der Waals surface area (Å²) in [6.07, 6.45) is 12.3. The molecule has 1 fully saturated rings. The molecule has 0 heterocycles. The Hall–Kier alpha value is -1.38. The fourth-order valence-electron chi connectivity index (χ4n) is 3.78. The Morgan fingerprint density at radius 3 is 2.90 bits per heavy atom. The summed E-state index contributed by atoms with van der Waals surface area (Å²) in [7, 11) is 0. The van der Waals surface area contributed by atoms with Crippen molar-refractivity contribution in [2.45, 2.75) is 44.3 Å². The molecule has 0 radical (unpaired) electrons. The first-order valence-corrected chi connectivity index (χ1v) is 7.95. The van der Waals surface area contributed by atoms with E-state index in [0.717, 1.165) is 32.1 Å². The molecular formula is C19H24O2. The molecule has 1 saturated carbocycles. The van der Waals surface area contributed by atoms with Crippen LogP contribution in [0.15, 0.2) is 54.6 Å². The van der Waals surface area contributed by atoms with Crippen LogP contribution >= 0.6 is 0 Å². The van der Waals surface area contributed by atoms with Gasteiger partial charge in [0.25, 0.3) is 0 Å². The molecule has 0 spiro atoms. The minimum absolute atomic E-state index is 0.00680. The van der Waals surface area contributed by atoms with E-state index >= 15 is 0 Å². The molecule has 21 heavy (non-hydrogen) atoms. The largest absolute Gasteiger partial charge is 0.393 e. The van der Waals surface area contributed by atoms with Gasteiger partial charge in [0.2, 0.25) is 0 Å². The summed E-state index contributed by atoms with van der Waals surface area (Å²) in [5, 5.41) is 20.1. The molecule has 0 saturated heterocycles. The molecule has 0 aliphatic heterocycles. The average molecular weight is 284 g/mol. The highest BCUT2D eigenvalue weighted by molar-refractivity contribution is 5.24. The van der Waals surface area contributed by atoms with E-state index in [1.54, 1.807) is 0 Å². The van der Waals surface area contributed by atoms with Crippen LogP contribution in [0.5, 0.6) is 0 Å². The van der Waals surface area contributed by atoms with Gasteiger partial charge in [-0.2, -0.15) is 0 Å². The smallest absolute Gasteiger partial charge is 0.0724 e. The first kappa shape index (κ1) is 14.6. The predicted molar refractivity (Wildman–Crippen MR) is 84.8 cm³/mol. The summed E-state index contributed by atoms with van der Waals surface area (Å²) in [6.45, 7) is 0. The summed E-state index contributed by atoms with van der Waals surface area (Å²) in [5.41, 5.74) is 1.26. The standard InChI is InChI=1S/C19H24O2/c20-17(9-8-15-5-2-1-3-6-15)10-12-19-11-4-7-16(19)13-18(21)14-19/h1-6,10-12,16-18,20-21H,7-9,13-14H2/b12-10-/t16-,17-,18+,19-/m0/s1. The Balaban J connectivity index is 1.57. The third-order valence-corrected chi connectivity index (χ3v) is 4.95. The zero-order chi connectivity index (χ0) is 14.7. The maximum absolute atomic E-state index is 10.2. The second-order valence-corrected chi connectivity index (χ2v) is 6.49. The summed E-state index contributed by atoms with van der Waals surface area (Å²) < 4.78 is 0. The molecule has 2 aliphatic carbocycles. The topological polar surface area (TPSA) is 40.5 Å². The van der Waals surface area contributed by atoms with Gasteiger partial charge in [-0.3, -0.25) is 0 Å². The molecule has 2 N–H and O–H groups in total. The lowest BCUT2D eigenvalue weighted by Gasteiger charge is -2.24. The van der Waals surface area contributed by atoms with Gasteiger partial charge >= 0.3 is 0 Å². The Morgan fingerprint density at radius 1 is 1.29 bits per heavy atom. The molecule has 0 aromatic heterocycles. The van der Waals surface area contributed by atoms with Crippen molar-refractivity contribution in [2.75, 3.05) is 0 Å². The zero-order valence-electron chi connectivity index (χ0n) is 12.4. The van der Waals surface area contributed by atoms with Crippen LogP contribution in [0, 0.1) is 11.3 Å². The Labute approximate surface area is 126 Å². The van der Waals surface area contributed by atoms with Gasteiger partial charge in [-0.25, -0.2) is 0 Å². The van der Waals surface area contributed by atoms with Crippen molar-refractivity contribution >= 4 is 0 Å². The lowest BCUT2D eigenvalue weighted by atomic mass is 9.80. The number of allylic oxidation sites excluding steroid dienone is 3. The number of hydrogen-bond acceptors (Lipinski definition) is 2. The normalized spacial score (nSPS) is 32.7. The predicted octanol–water partition coefficient (Wildman–Crippen LogP) is 3.25. The van der Waals surface area contributed by atoms with E-state index in [9.17, 15) is 10.2 Å². The molecule has 2 aliphatic rings. The zero-order valence-corrected chi connectivity index (χ0v) is 12.4. The van der Waals surface area contributed by atoms with Gasteiger partial charge in [0.15, 0.2) is 0 Å². The fraction of sp³-hybridized carbons (Fsp3) is 0.474. The maximum atomic E-state index is 10.2. The Morgan fingerprint density at radius 2 is 2.10 bits per heavy atom. The molecule has 0 bridgehead atoms. The monoisotopic (exact) mass is 284 g/mol. The number of aliphatic hydroxyl groups excluding tert-OH is 2. The van der Waals surface area contributed by atoms with Crippen LogP contribution in [0.4, 0.5) is 0 Å². The van der Waals surface area contributed by atoms with Gasteiger partial charge in [0.05, 0.1) is 12.2 Å². The second kappa shape index (κ2) is 6.17. The minimum Gasteiger partial charge on any atom is -0.393 e. The van der Waals surface area contributed by atoms with Crippen LogP contribution in [0.1, 0.15) is 31.2 Å². The van der Waals surface area contributed by atoms with Crippen molar-refractivity contribution in [1.82, 2.24) is 0 Å². The minimum atomic E-state index is -0.410. The van der Waals surface area contributed by atoms with E-state index < -0.39 is 6.10 Å². The van der Waals surface area contributed by atoms with E-state index in [1.807, 2.05) is 24.3 Å². The number of aryl methyl sites for hydroxylation is 1. The van der Waals surface area contributed by atoms with E-state index in [4.69, 9.17) is 0 Å². The van der Waals surface area contributed by atoms with Crippen LogP contribution < -0.4 is 0 Å². The van der Waals surface area contributed by atoms with Gasteiger partial charge in [-0.15, -0.1) is 0 Å². The van der Waals surface area contributed by atoms with Crippen LogP contribution in [0.2, 0.25) is 0 Å². The number of aliphatic hydroxyl groups is 2. The molecule has 2 heteroatoms. The Bertz CT molecular complexity index is 520. The van der Waals surface area contributed by atoms with E-state index in [0.29, 0.717) is 5.92 Å². The highest BCUT2D eigenvalue weighted by Gasteiger charge is 2.45. The summed E-state index contributed by atoms with van der Waals surface area (Å²) in [5.74, 6) is 0.519. The number of rotatable bonds is 5. The van der Waals surface area contributed by atoms with E-state index in [2.05, 4.69) is 30.4 Å². The lowest BCUT2D eigenvalue weighted by molar-refractivity contribution is 0.173. The van der Waals surface area contributed by atoms with Crippen LogP contribution in [-0.4, -0.2) is 22.4 Å². The molecule has 0 unspecified atom stereocenters. The van der Waals surface area contributed by atoms with Crippen molar-refractivity contribution in [3.63, 3.8) is 0 Å². The summed E-state index contributed by atoms with van der Waals surface area (Å²) in [4.78, 5) is 0. The van der Waals surface area contributed by atoms with Gasteiger partial charge in [-0.05, 0) is 43.6 Å². The average Bonchev–Trinajstić information content (AvgIpc) is 3.00. The van der Waals surface area contributed by atoms with Crippen molar-refractivity contribution in [3.8, 4) is 0 Å². The summed E-state index contributed by atoms with van der Waals surface area (Å²) >= 11 is 0. The quantitative estimate of drug-likeness (QED) is 0.815. The first-order valence-electron chi connectivity index (χ1n) is 7.95. The molecular weight excluding hydrogens is 260 g/mol. The first-order chi connectivity index (χ1) is 10.2. The molecule has 3 rings (SSSR count). The van der Waals surface area contributed by atoms with Gasteiger partial charge in [-0.1, -0.05) is 54.6 Å². The highest BCUT2D eigenvalue weighted by Crippen LogP contribution is 2.51. The maximum Gasteiger partial charge on any atom is 0.0724 e. The van der Waals surface area contributed by atoms with E-state index in [1.165, 1.54) is 5.56 Å². The fourth-order valence-corrected chi connectivity index (χ4v) is 3.78. The number of hydrogen-bond donors (Lipinski definition) is 2. The van der Waals surface area contributed by atoms with Gasteiger partial charge in [0, 0.05) is 5.41 Å². The van der Waals surface area contributed by atoms with Crippen LogP contribution in [0.25, 0.3) is 0 Å². The molecule has 1 aromatic rings. The van der Waals surface area contributed by atoms with Crippen LogP contribution in [0.3, 0.4) is 0 Å². The van der Waals surface area contributed by atoms with Crippen molar-refractivity contribution in [3.05, 3.63) is 60.2 Å². The SMILES string of the molecule is O[C@@H]1C[C@@H]2CC=C[C@]2(/C=C\[C@@H](O)CCc2ccccc2)C1. The van der Waals surface area contributed by atoms with Crippen molar-refractivity contribution < 1.29 is 10.2 Å². The number of benzene rings is 1. The van der Waals surface area contributed by atoms with Gasteiger partial charge < -0.3 is 10.2 Å². The highest BCUT2D eigenvalue weighted by atomic mass is 16.3. The third-order valence-electron chi connectivity index (χ3n) is 4.95. The van der Waals surface area contributed by atoms with Crippen molar-refractivity contribution in [1.29, 1.82) is 0 Å². The third kappa shape index (κ3) is 3.28.